The molecule has 7 heteroatoms. The van der Waals surface area contributed by atoms with Gasteiger partial charge in [0.1, 0.15) is 5.75 Å². The number of thiocarbonyl (C=S) groups is 1. The van der Waals surface area contributed by atoms with Crippen LogP contribution in [0.4, 0.5) is 5.69 Å². The Hall–Kier alpha value is -1.99. The van der Waals surface area contributed by atoms with Crippen molar-refractivity contribution in [2.75, 3.05) is 25.1 Å². The maximum absolute atomic E-state index is 12.0. The molecule has 0 bridgehead atoms. The van der Waals surface area contributed by atoms with E-state index in [1.165, 1.54) is 16.9 Å². The Morgan fingerprint density at radius 2 is 2.05 bits per heavy atom. The number of rotatable bonds is 4. The number of ether oxygens (including phenoxy) is 1. The molecule has 1 saturated heterocycles. The number of anilines is 1. The first-order valence-electron chi connectivity index (χ1n) is 5.64. The maximum atomic E-state index is 12.0. The summed E-state index contributed by atoms with van der Waals surface area (Å²) in [4.78, 5) is 26.2. The highest BCUT2D eigenvalue weighted by atomic mass is 32.1. The minimum atomic E-state index is -0.674. The van der Waals surface area contributed by atoms with Crippen LogP contribution in [0.1, 0.15) is 0 Å². The zero-order valence-corrected chi connectivity index (χ0v) is 11.1. The first-order valence-corrected chi connectivity index (χ1v) is 6.05. The van der Waals surface area contributed by atoms with Gasteiger partial charge in [0.05, 0.1) is 12.8 Å². The van der Waals surface area contributed by atoms with Gasteiger partial charge in [0, 0.05) is 19.2 Å². The molecule has 2 amide bonds. The van der Waals surface area contributed by atoms with Gasteiger partial charge in [0.15, 0.2) is 5.11 Å². The normalized spacial score (nSPS) is 15.4. The standard InChI is InChI=1S/C12H13N3O3S/c1-18-9-4-2-3-8(7-9)15-11(17)10(16)14(6-5-13)12(15)19/h2-4,7H,5-6,13H2,1H3. The SMILES string of the molecule is COc1cccc(N2C(=O)C(=O)N(CCN)C2=S)c1. The highest BCUT2D eigenvalue weighted by molar-refractivity contribution is 7.80. The third-order valence-electron chi connectivity index (χ3n) is 2.72. The molecule has 19 heavy (non-hydrogen) atoms. The van der Waals surface area contributed by atoms with Crippen LogP contribution in [-0.2, 0) is 9.59 Å². The van der Waals surface area contributed by atoms with Crippen molar-refractivity contribution in [2.45, 2.75) is 0 Å². The van der Waals surface area contributed by atoms with Crippen molar-refractivity contribution in [1.29, 1.82) is 0 Å². The van der Waals surface area contributed by atoms with E-state index in [1.807, 2.05) is 0 Å². The lowest BCUT2D eigenvalue weighted by molar-refractivity contribution is -0.139. The van der Waals surface area contributed by atoms with E-state index in [2.05, 4.69) is 0 Å². The Balaban J connectivity index is 2.36. The molecule has 1 aliphatic heterocycles. The lowest BCUT2D eigenvalue weighted by Crippen LogP contribution is -2.36. The van der Waals surface area contributed by atoms with Crippen molar-refractivity contribution >= 4 is 34.8 Å². The topological polar surface area (TPSA) is 75.9 Å². The smallest absolute Gasteiger partial charge is 0.323 e. The number of nitrogens with two attached hydrogens (primary N) is 1. The van der Waals surface area contributed by atoms with Gasteiger partial charge in [0.25, 0.3) is 0 Å². The lowest BCUT2D eigenvalue weighted by Gasteiger charge is -2.18. The molecule has 1 aliphatic rings. The lowest BCUT2D eigenvalue weighted by atomic mass is 10.3. The van der Waals surface area contributed by atoms with E-state index in [9.17, 15) is 9.59 Å². The maximum Gasteiger partial charge on any atom is 0.323 e. The Labute approximate surface area is 115 Å². The van der Waals surface area contributed by atoms with Crippen LogP contribution < -0.4 is 15.4 Å². The molecule has 1 fully saturated rings. The van der Waals surface area contributed by atoms with Gasteiger partial charge in [-0.05, 0) is 24.4 Å². The zero-order chi connectivity index (χ0) is 14.0. The number of carbonyl (C=O) groups excluding carboxylic acids is 2. The number of nitrogens with zero attached hydrogens (tertiary/aromatic N) is 2. The molecule has 2 N–H and O–H groups in total. The molecule has 1 aromatic rings. The molecule has 1 heterocycles. The molecule has 2 rings (SSSR count). The van der Waals surface area contributed by atoms with Crippen LogP contribution in [0.3, 0.4) is 0 Å². The fourth-order valence-corrected chi connectivity index (χ4v) is 2.17. The van der Waals surface area contributed by atoms with E-state index in [0.29, 0.717) is 11.4 Å². The van der Waals surface area contributed by atoms with Gasteiger partial charge >= 0.3 is 11.8 Å². The number of benzene rings is 1. The van der Waals surface area contributed by atoms with Crippen LogP contribution in [0.25, 0.3) is 0 Å². The average Bonchev–Trinajstić information content (AvgIpc) is 2.63. The van der Waals surface area contributed by atoms with E-state index >= 15 is 0 Å². The van der Waals surface area contributed by atoms with Gasteiger partial charge in [-0.2, -0.15) is 0 Å². The summed E-state index contributed by atoms with van der Waals surface area (Å²) in [7, 11) is 1.52. The van der Waals surface area contributed by atoms with Gasteiger partial charge in [0.2, 0.25) is 0 Å². The fourth-order valence-electron chi connectivity index (χ4n) is 1.81. The number of hydrogen-bond donors (Lipinski definition) is 1. The summed E-state index contributed by atoms with van der Waals surface area (Å²) < 4.78 is 5.09. The quantitative estimate of drug-likeness (QED) is 0.625. The number of carbonyl (C=O) groups is 2. The zero-order valence-electron chi connectivity index (χ0n) is 10.3. The summed E-state index contributed by atoms with van der Waals surface area (Å²) in [5, 5.41) is 0.147. The molecule has 1 aromatic carbocycles. The summed E-state index contributed by atoms with van der Waals surface area (Å²) in [5.41, 5.74) is 5.91. The predicted molar refractivity (Wildman–Crippen MR) is 73.8 cm³/mol. The molecular formula is C12H13N3O3S. The molecule has 0 unspecified atom stereocenters. The number of methoxy groups -OCH3 is 1. The molecule has 0 saturated carbocycles. The summed E-state index contributed by atoms with van der Waals surface area (Å²) in [6, 6.07) is 6.79. The molecule has 0 aliphatic carbocycles. The van der Waals surface area contributed by atoms with Gasteiger partial charge < -0.3 is 10.5 Å². The van der Waals surface area contributed by atoms with Gasteiger partial charge in [-0.1, -0.05) is 6.07 Å². The van der Waals surface area contributed by atoms with Crippen molar-refractivity contribution in [3.63, 3.8) is 0 Å². The predicted octanol–water partition coefficient (Wildman–Crippen LogP) is 0.114. The fraction of sp³-hybridized carbons (Fsp3) is 0.250. The minimum absolute atomic E-state index is 0.147. The van der Waals surface area contributed by atoms with Gasteiger partial charge in [-0.3, -0.25) is 14.5 Å². The Kier molecular flexibility index (Phi) is 3.77. The van der Waals surface area contributed by atoms with Gasteiger partial charge in [-0.25, -0.2) is 4.90 Å². The second-order valence-corrected chi connectivity index (χ2v) is 4.24. The molecule has 0 atom stereocenters. The van der Waals surface area contributed by atoms with E-state index < -0.39 is 11.8 Å². The largest absolute Gasteiger partial charge is 0.497 e. The van der Waals surface area contributed by atoms with Crippen molar-refractivity contribution in [3.05, 3.63) is 24.3 Å². The van der Waals surface area contributed by atoms with Crippen LogP contribution in [0.15, 0.2) is 24.3 Å². The summed E-state index contributed by atoms with van der Waals surface area (Å²) in [6.45, 7) is 0.467. The van der Waals surface area contributed by atoms with E-state index in [1.54, 1.807) is 24.3 Å². The minimum Gasteiger partial charge on any atom is -0.497 e. The number of hydrogen-bond acceptors (Lipinski definition) is 5. The molecule has 0 radical (unpaired) electrons. The molecule has 0 spiro atoms. The third kappa shape index (κ3) is 2.29. The monoisotopic (exact) mass is 279 g/mol. The summed E-state index contributed by atoms with van der Waals surface area (Å²) in [5.74, 6) is -0.747. The highest BCUT2D eigenvalue weighted by Gasteiger charge is 2.41. The number of amides is 2. The van der Waals surface area contributed by atoms with Crippen molar-refractivity contribution in [1.82, 2.24) is 4.90 Å². The Bertz CT molecular complexity index is 547. The second kappa shape index (κ2) is 5.33. The molecular weight excluding hydrogens is 266 g/mol. The first-order chi connectivity index (χ1) is 9.10. The third-order valence-corrected chi connectivity index (χ3v) is 3.12. The van der Waals surface area contributed by atoms with Crippen molar-refractivity contribution < 1.29 is 14.3 Å². The highest BCUT2D eigenvalue weighted by Crippen LogP contribution is 2.25. The summed E-state index contributed by atoms with van der Waals surface area (Å²) in [6.07, 6.45) is 0. The van der Waals surface area contributed by atoms with Crippen LogP contribution >= 0.6 is 12.2 Å². The second-order valence-electron chi connectivity index (χ2n) is 3.87. The van der Waals surface area contributed by atoms with Crippen molar-refractivity contribution in [3.8, 4) is 5.75 Å². The van der Waals surface area contributed by atoms with Gasteiger partial charge in [-0.15, -0.1) is 0 Å². The molecule has 100 valence electrons. The van der Waals surface area contributed by atoms with Crippen molar-refractivity contribution in [2.24, 2.45) is 5.73 Å². The first kappa shape index (κ1) is 13.4. The average molecular weight is 279 g/mol. The molecule has 6 nitrogen and oxygen atoms in total. The molecule has 0 aromatic heterocycles. The Morgan fingerprint density at radius 3 is 2.68 bits per heavy atom. The van der Waals surface area contributed by atoms with E-state index in [0.717, 1.165) is 0 Å². The van der Waals surface area contributed by atoms with E-state index in [-0.39, 0.29) is 18.2 Å². The van der Waals surface area contributed by atoms with Crippen LogP contribution in [0.2, 0.25) is 0 Å². The summed E-state index contributed by atoms with van der Waals surface area (Å²) >= 11 is 5.16. The van der Waals surface area contributed by atoms with E-state index in [4.69, 9.17) is 22.7 Å². The van der Waals surface area contributed by atoms with Crippen LogP contribution in [0, 0.1) is 0 Å². The van der Waals surface area contributed by atoms with Crippen LogP contribution in [0.5, 0.6) is 5.75 Å². The van der Waals surface area contributed by atoms with Crippen LogP contribution in [-0.4, -0.2) is 42.0 Å². The Morgan fingerprint density at radius 1 is 1.32 bits per heavy atom.